The summed E-state index contributed by atoms with van der Waals surface area (Å²) in [5.74, 6) is 0.993. The van der Waals surface area contributed by atoms with Gasteiger partial charge in [-0.1, -0.05) is 19.1 Å². The minimum atomic E-state index is -0.0818. The van der Waals surface area contributed by atoms with Gasteiger partial charge < -0.3 is 5.11 Å². The van der Waals surface area contributed by atoms with E-state index in [1.54, 1.807) is 0 Å². The van der Waals surface area contributed by atoms with Crippen molar-refractivity contribution in [2.45, 2.75) is 32.8 Å². The fraction of sp³-hybridized carbons (Fsp3) is 0.778. The molecule has 1 N–H and O–H groups in total. The standard InChI is InChI=1S/C9H16O/c1-6(2)8-4-5-9(10)7(8)3/h7-10H,1,4-5H2,2-3H3/t7-,8+,9?/m0/s1. The van der Waals surface area contributed by atoms with Gasteiger partial charge in [0, 0.05) is 0 Å². The summed E-state index contributed by atoms with van der Waals surface area (Å²) in [4.78, 5) is 0. The van der Waals surface area contributed by atoms with Crippen molar-refractivity contribution in [3.63, 3.8) is 0 Å². The molecule has 1 rings (SSSR count). The van der Waals surface area contributed by atoms with Gasteiger partial charge in [-0.05, 0) is 31.6 Å². The van der Waals surface area contributed by atoms with Crippen molar-refractivity contribution in [3.05, 3.63) is 12.2 Å². The van der Waals surface area contributed by atoms with Crippen molar-refractivity contribution in [3.8, 4) is 0 Å². The van der Waals surface area contributed by atoms with E-state index in [2.05, 4.69) is 20.4 Å². The summed E-state index contributed by atoms with van der Waals surface area (Å²) in [6.07, 6.45) is 2.00. The Morgan fingerprint density at radius 2 is 2.10 bits per heavy atom. The van der Waals surface area contributed by atoms with Crippen molar-refractivity contribution in [2.75, 3.05) is 0 Å². The van der Waals surface area contributed by atoms with Gasteiger partial charge in [0.2, 0.25) is 0 Å². The fourth-order valence-corrected chi connectivity index (χ4v) is 1.84. The van der Waals surface area contributed by atoms with Crippen molar-refractivity contribution in [1.29, 1.82) is 0 Å². The molecular formula is C9H16O. The van der Waals surface area contributed by atoms with Gasteiger partial charge in [-0.25, -0.2) is 0 Å². The van der Waals surface area contributed by atoms with Gasteiger partial charge in [0.1, 0.15) is 0 Å². The van der Waals surface area contributed by atoms with E-state index in [4.69, 9.17) is 0 Å². The van der Waals surface area contributed by atoms with Crippen LogP contribution in [0.3, 0.4) is 0 Å². The highest BCUT2D eigenvalue weighted by Crippen LogP contribution is 2.35. The maximum Gasteiger partial charge on any atom is 0.0571 e. The van der Waals surface area contributed by atoms with E-state index in [1.807, 2.05) is 0 Å². The molecule has 0 heterocycles. The normalized spacial score (nSPS) is 40.1. The summed E-state index contributed by atoms with van der Waals surface area (Å²) in [5.41, 5.74) is 1.23. The third-order valence-electron chi connectivity index (χ3n) is 2.65. The molecule has 0 spiro atoms. The lowest BCUT2D eigenvalue weighted by Gasteiger charge is -2.16. The summed E-state index contributed by atoms with van der Waals surface area (Å²) in [7, 11) is 0. The van der Waals surface area contributed by atoms with Crippen LogP contribution < -0.4 is 0 Å². The van der Waals surface area contributed by atoms with Gasteiger partial charge in [0.25, 0.3) is 0 Å². The second-order valence-electron chi connectivity index (χ2n) is 3.46. The zero-order chi connectivity index (χ0) is 7.72. The molecule has 0 aromatic heterocycles. The van der Waals surface area contributed by atoms with E-state index in [9.17, 15) is 5.11 Å². The Morgan fingerprint density at radius 3 is 2.30 bits per heavy atom. The van der Waals surface area contributed by atoms with Crippen molar-refractivity contribution in [1.82, 2.24) is 0 Å². The molecule has 0 aromatic rings. The van der Waals surface area contributed by atoms with E-state index in [1.165, 1.54) is 5.57 Å². The van der Waals surface area contributed by atoms with Crippen LogP contribution in [-0.4, -0.2) is 11.2 Å². The van der Waals surface area contributed by atoms with E-state index >= 15 is 0 Å². The molecule has 1 unspecified atom stereocenters. The molecule has 1 aliphatic rings. The van der Waals surface area contributed by atoms with E-state index < -0.39 is 0 Å². The van der Waals surface area contributed by atoms with Crippen LogP contribution in [0.1, 0.15) is 26.7 Å². The van der Waals surface area contributed by atoms with Crippen LogP contribution in [-0.2, 0) is 0 Å². The number of allylic oxidation sites excluding steroid dienone is 1. The fourth-order valence-electron chi connectivity index (χ4n) is 1.84. The number of hydrogen-bond donors (Lipinski definition) is 1. The molecular weight excluding hydrogens is 124 g/mol. The molecule has 1 heteroatoms. The molecule has 0 saturated heterocycles. The van der Waals surface area contributed by atoms with Crippen LogP contribution in [0.25, 0.3) is 0 Å². The molecule has 0 amide bonds. The smallest absolute Gasteiger partial charge is 0.0571 e. The van der Waals surface area contributed by atoms with Crippen LogP contribution in [0.4, 0.5) is 0 Å². The first-order chi connectivity index (χ1) is 4.63. The molecule has 0 radical (unpaired) electrons. The third-order valence-corrected chi connectivity index (χ3v) is 2.65. The first-order valence-electron chi connectivity index (χ1n) is 3.96. The molecule has 1 saturated carbocycles. The molecule has 10 heavy (non-hydrogen) atoms. The SMILES string of the molecule is C=C(C)[C@H]1CCC(O)[C@H]1C. The summed E-state index contributed by atoms with van der Waals surface area (Å²) in [6, 6.07) is 0. The largest absolute Gasteiger partial charge is 0.393 e. The van der Waals surface area contributed by atoms with Gasteiger partial charge in [0.15, 0.2) is 0 Å². The Kier molecular flexibility index (Phi) is 2.14. The minimum absolute atomic E-state index is 0.0818. The zero-order valence-electron chi connectivity index (χ0n) is 6.80. The second-order valence-corrected chi connectivity index (χ2v) is 3.46. The Labute approximate surface area is 62.8 Å². The van der Waals surface area contributed by atoms with Crippen LogP contribution in [0.2, 0.25) is 0 Å². The maximum absolute atomic E-state index is 9.38. The summed E-state index contributed by atoms with van der Waals surface area (Å²) in [5, 5.41) is 9.38. The number of aliphatic hydroxyl groups excluding tert-OH is 1. The Hall–Kier alpha value is -0.300. The van der Waals surface area contributed by atoms with Gasteiger partial charge in [-0.15, -0.1) is 0 Å². The highest BCUT2D eigenvalue weighted by molar-refractivity contribution is 5.02. The van der Waals surface area contributed by atoms with E-state index in [-0.39, 0.29) is 6.10 Å². The molecule has 0 aromatic carbocycles. The van der Waals surface area contributed by atoms with Gasteiger partial charge in [-0.3, -0.25) is 0 Å². The van der Waals surface area contributed by atoms with Gasteiger partial charge >= 0.3 is 0 Å². The molecule has 3 atom stereocenters. The minimum Gasteiger partial charge on any atom is -0.393 e. The molecule has 1 nitrogen and oxygen atoms in total. The molecule has 58 valence electrons. The number of aliphatic hydroxyl groups is 1. The lowest BCUT2D eigenvalue weighted by molar-refractivity contribution is 0.132. The first-order valence-corrected chi connectivity index (χ1v) is 3.96. The highest BCUT2D eigenvalue weighted by Gasteiger charge is 2.31. The monoisotopic (exact) mass is 140 g/mol. The quantitative estimate of drug-likeness (QED) is 0.552. The first kappa shape index (κ1) is 7.80. The van der Waals surface area contributed by atoms with Crippen LogP contribution in [0, 0.1) is 11.8 Å². The predicted molar refractivity (Wildman–Crippen MR) is 42.7 cm³/mol. The number of hydrogen-bond acceptors (Lipinski definition) is 1. The molecule has 0 bridgehead atoms. The Balaban J connectivity index is 2.57. The number of rotatable bonds is 1. The second kappa shape index (κ2) is 2.75. The van der Waals surface area contributed by atoms with Crippen molar-refractivity contribution in [2.24, 2.45) is 11.8 Å². The lowest BCUT2D eigenvalue weighted by atomic mass is 9.91. The summed E-state index contributed by atoms with van der Waals surface area (Å²) < 4.78 is 0. The van der Waals surface area contributed by atoms with E-state index in [0.717, 1.165) is 12.8 Å². The average Bonchev–Trinajstić information content (AvgIpc) is 2.14. The topological polar surface area (TPSA) is 20.2 Å². The van der Waals surface area contributed by atoms with Gasteiger partial charge in [-0.2, -0.15) is 0 Å². The van der Waals surface area contributed by atoms with Crippen LogP contribution in [0.15, 0.2) is 12.2 Å². The predicted octanol–water partition coefficient (Wildman–Crippen LogP) is 1.97. The maximum atomic E-state index is 9.38. The zero-order valence-corrected chi connectivity index (χ0v) is 6.80. The third kappa shape index (κ3) is 1.24. The van der Waals surface area contributed by atoms with Gasteiger partial charge in [0.05, 0.1) is 6.10 Å². The van der Waals surface area contributed by atoms with E-state index in [0.29, 0.717) is 11.8 Å². The Morgan fingerprint density at radius 1 is 1.50 bits per heavy atom. The average molecular weight is 140 g/mol. The lowest BCUT2D eigenvalue weighted by Crippen LogP contribution is -2.15. The molecule has 0 aliphatic heterocycles. The highest BCUT2D eigenvalue weighted by atomic mass is 16.3. The van der Waals surface area contributed by atoms with Crippen LogP contribution >= 0.6 is 0 Å². The van der Waals surface area contributed by atoms with Crippen molar-refractivity contribution >= 4 is 0 Å². The van der Waals surface area contributed by atoms with Crippen molar-refractivity contribution < 1.29 is 5.11 Å². The van der Waals surface area contributed by atoms with Crippen LogP contribution in [0.5, 0.6) is 0 Å². The summed E-state index contributed by atoms with van der Waals surface area (Å²) >= 11 is 0. The summed E-state index contributed by atoms with van der Waals surface area (Å²) in [6.45, 7) is 8.07. The Bertz CT molecular complexity index is 140. The molecule has 1 aliphatic carbocycles. The molecule has 1 fully saturated rings.